The fraction of sp³-hybridized carbons (Fsp3) is 0.176. The van der Waals surface area contributed by atoms with Crippen molar-refractivity contribution in [1.82, 2.24) is 10.9 Å². The number of nitrogens with one attached hydrogen (secondary N) is 2. The van der Waals surface area contributed by atoms with Crippen LogP contribution in [0.4, 0.5) is 4.39 Å². The van der Waals surface area contributed by atoms with Crippen molar-refractivity contribution in [2.45, 2.75) is 17.9 Å². The molecule has 1 unspecified atom stereocenters. The number of carbonyl (C=O) groups excluding carboxylic acids is 2. The molecule has 1 atom stereocenters. The number of halogens is 2. The molecule has 0 spiro atoms. The van der Waals surface area contributed by atoms with Crippen LogP contribution in [0.25, 0.3) is 0 Å². The summed E-state index contributed by atoms with van der Waals surface area (Å²) in [5, 5.41) is 0. The van der Waals surface area contributed by atoms with Crippen molar-refractivity contribution >= 4 is 39.5 Å². The van der Waals surface area contributed by atoms with Gasteiger partial charge in [-0.2, -0.15) is 0 Å². The monoisotopic (exact) mass is 426 g/mol. The van der Waals surface area contributed by atoms with Gasteiger partial charge in [0.1, 0.15) is 11.6 Å². The summed E-state index contributed by atoms with van der Waals surface area (Å²) in [7, 11) is 0. The summed E-state index contributed by atoms with van der Waals surface area (Å²) in [6.07, 6.45) is -0.843. The van der Waals surface area contributed by atoms with E-state index in [2.05, 4.69) is 26.8 Å². The topological polar surface area (TPSA) is 67.4 Å². The largest absolute Gasteiger partial charge is 0.481 e. The number of benzene rings is 2. The molecule has 2 N–H and O–H groups in total. The molecule has 0 heterocycles. The number of hydrogen-bond donors (Lipinski definition) is 2. The molecule has 5 nitrogen and oxygen atoms in total. The van der Waals surface area contributed by atoms with Crippen LogP contribution >= 0.6 is 27.7 Å². The summed E-state index contributed by atoms with van der Waals surface area (Å²) in [4.78, 5) is 24.6. The van der Waals surface area contributed by atoms with Crippen LogP contribution in [-0.2, 0) is 9.59 Å². The van der Waals surface area contributed by atoms with Gasteiger partial charge in [-0.15, -0.1) is 11.8 Å². The minimum atomic E-state index is -0.843. The number of amides is 2. The molecule has 0 saturated carbocycles. The normalized spacial score (nSPS) is 11.5. The Kier molecular flexibility index (Phi) is 7.27. The summed E-state index contributed by atoms with van der Waals surface area (Å²) in [5.74, 6) is -0.711. The van der Waals surface area contributed by atoms with Crippen molar-refractivity contribution in [2.75, 3.05) is 5.75 Å². The van der Waals surface area contributed by atoms with E-state index in [4.69, 9.17) is 4.74 Å². The van der Waals surface area contributed by atoms with Gasteiger partial charge < -0.3 is 4.74 Å². The Morgan fingerprint density at radius 3 is 2.40 bits per heavy atom. The highest BCUT2D eigenvalue weighted by atomic mass is 79.9. The van der Waals surface area contributed by atoms with Gasteiger partial charge in [-0.25, -0.2) is 4.39 Å². The van der Waals surface area contributed by atoms with Crippen LogP contribution < -0.4 is 15.6 Å². The third-order valence-corrected chi connectivity index (χ3v) is 4.55. The molecule has 0 fully saturated rings. The molecule has 2 aromatic rings. The van der Waals surface area contributed by atoms with E-state index in [-0.39, 0.29) is 17.5 Å². The van der Waals surface area contributed by atoms with Crippen molar-refractivity contribution in [1.29, 1.82) is 0 Å². The lowest BCUT2D eigenvalue weighted by molar-refractivity contribution is -0.131. The van der Waals surface area contributed by atoms with Gasteiger partial charge in [-0.3, -0.25) is 20.4 Å². The predicted octanol–water partition coefficient (Wildman–Crippen LogP) is 3.30. The van der Waals surface area contributed by atoms with E-state index < -0.39 is 12.0 Å². The first kappa shape index (κ1) is 19.3. The zero-order valence-corrected chi connectivity index (χ0v) is 15.7. The highest BCUT2D eigenvalue weighted by molar-refractivity contribution is 9.10. The van der Waals surface area contributed by atoms with Crippen molar-refractivity contribution in [3.05, 3.63) is 58.8 Å². The standard InChI is InChI=1S/C17H16BrFN2O3S/c1-11(24-14-6-4-13(19)5-7-14)17(23)21-20-16(22)10-25-15-8-2-12(18)3-9-15/h2-9,11H,10H2,1H3,(H,20,22)(H,21,23). The minimum Gasteiger partial charge on any atom is -0.481 e. The van der Waals surface area contributed by atoms with E-state index in [1.54, 1.807) is 0 Å². The second kappa shape index (κ2) is 9.43. The second-order valence-corrected chi connectivity index (χ2v) is 6.96. The van der Waals surface area contributed by atoms with Gasteiger partial charge >= 0.3 is 0 Å². The average molecular weight is 427 g/mol. The van der Waals surface area contributed by atoms with E-state index in [0.717, 1.165) is 9.37 Å². The molecular weight excluding hydrogens is 411 g/mol. The Hall–Kier alpha value is -2.06. The van der Waals surface area contributed by atoms with E-state index >= 15 is 0 Å². The number of hydrogen-bond acceptors (Lipinski definition) is 4. The summed E-state index contributed by atoms with van der Waals surface area (Å²) in [5.41, 5.74) is 4.63. The summed E-state index contributed by atoms with van der Waals surface area (Å²) < 4.78 is 19.1. The fourth-order valence-corrected chi connectivity index (χ4v) is 2.68. The molecule has 0 aromatic heterocycles. The Morgan fingerprint density at radius 1 is 1.12 bits per heavy atom. The average Bonchev–Trinajstić information content (AvgIpc) is 2.61. The number of ether oxygens (including phenoxy) is 1. The van der Waals surface area contributed by atoms with E-state index in [0.29, 0.717) is 5.75 Å². The zero-order valence-electron chi connectivity index (χ0n) is 13.3. The molecule has 2 aromatic carbocycles. The lowest BCUT2D eigenvalue weighted by Gasteiger charge is -2.15. The number of thioether (sulfide) groups is 1. The summed E-state index contributed by atoms with van der Waals surface area (Å²) in [6, 6.07) is 12.9. The third kappa shape index (κ3) is 6.75. The van der Waals surface area contributed by atoms with E-state index in [1.807, 2.05) is 24.3 Å². The van der Waals surface area contributed by atoms with Gasteiger partial charge in [-0.05, 0) is 55.5 Å². The van der Waals surface area contributed by atoms with Gasteiger partial charge in [-0.1, -0.05) is 15.9 Å². The molecule has 2 rings (SSSR count). The maximum atomic E-state index is 12.8. The fourth-order valence-electron chi connectivity index (χ4n) is 1.72. The van der Waals surface area contributed by atoms with Crippen molar-refractivity contribution in [2.24, 2.45) is 0 Å². The molecule has 25 heavy (non-hydrogen) atoms. The van der Waals surface area contributed by atoms with Gasteiger partial charge in [0, 0.05) is 9.37 Å². The van der Waals surface area contributed by atoms with Crippen LogP contribution in [-0.4, -0.2) is 23.7 Å². The zero-order chi connectivity index (χ0) is 18.2. The Labute approximate surface area is 157 Å². The van der Waals surface area contributed by atoms with Crippen molar-refractivity contribution in [3.8, 4) is 5.75 Å². The number of rotatable bonds is 6. The summed E-state index contributed by atoms with van der Waals surface area (Å²) >= 11 is 4.69. The van der Waals surface area contributed by atoms with Gasteiger partial charge in [0.25, 0.3) is 5.91 Å². The Balaban J connectivity index is 1.71. The first-order valence-corrected chi connectivity index (χ1v) is 9.11. The minimum absolute atomic E-state index is 0.162. The van der Waals surface area contributed by atoms with Crippen molar-refractivity contribution in [3.63, 3.8) is 0 Å². The maximum absolute atomic E-state index is 12.8. The van der Waals surface area contributed by atoms with E-state index in [9.17, 15) is 14.0 Å². The Bertz CT molecular complexity index is 726. The van der Waals surface area contributed by atoms with Gasteiger partial charge in [0.05, 0.1) is 5.75 Å². The highest BCUT2D eigenvalue weighted by Gasteiger charge is 2.15. The highest BCUT2D eigenvalue weighted by Crippen LogP contribution is 2.20. The quantitative estimate of drug-likeness (QED) is 0.549. The van der Waals surface area contributed by atoms with E-state index in [1.165, 1.54) is 43.0 Å². The van der Waals surface area contributed by atoms with Crippen LogP contribution in [0.2, 0.25) is 0 Å². The van der Waals surface area contributed by atoms with Gasteiger partial charge in [0.2, 0.25) is 5.91 Å². The van der Waals surface area contributed by atoms with Crippen LogP contribution in [0.15, 0.2) is 57.9 Å². The molecule has 0 aliphatic carbocycles. The molecule has 0 saturated heterocycles. The first-order valence-electron chi connectivity index (χ1n) is 7.33. The molecule has 0 bridgehead atoms. The van der Waals surface area contributed by atoms with Crippen molar-refractivity contribution < 1.29 is 18.7 Å². The van der Waals surface area contributed by atoms with Crippen LogP contribution in [0.5, 0.6) is 5.75 Å². The first-order chi connectivity index (χ1) is 11.9. The molecule has 8 heteroatoms. The number of hydrazine groups is 1. The molecule has 0 aliphatic rings. The lowest BCUT2D eigenvalue weighted by Crippen LogP contribution is -2.47. The molecule has 2 amide bonds. The molecule has 0 radical (unpaired) electrons. The van der Waals surface area contributed by atoms with Crippen LogP contribution in [0.3, 0.4) is 0 Å². The molecule has 0 aliphatic heterocycles. The third-order valence-electron chi connectivity index (χ3n) is 3.00. The maximum Gasteiger partial charge on any atom is 0.279 e. The second-order valence-electron chi connectivity index (χ2n) is 4.99. The van der Waals surface area contributed by atoms with Gasteiger partial charge in [0.15, 0.2) is 6.10 Å². The molecule has 132 valence electrons. The summed E-state index contributed by atoms with van der Waals surface area (Å²) in [6.45, 7) is 1.53. The predicted molar refractivity (Wildman–Crippen MR) is 97.6 cm³/mol. The smallest absolute Gasteiger partial charge is 0.279 e. The molecular formula is C17H16BrFN2O3S. The SMILES string of the molecule is CC(Oc1ccc(F)cc1)C(=O)NNC(=O)CSc1ccc(Br)cc1. The number of carbonyl (C=O) groups is 2. The van der Waals surface area contributed by atoms with Crippen LogP contribution in [0, 0.1) is 5.82 Å². The van der Waals surface area contributed by atoms with Crippen LogP contribution in [0.1, 0.15) is 6.92 Å². The Morgan fingerprint density at radius 2 is 1.76 bits per heavy atom. The lowest BCUT2D eigenvalue weighted by atomic mass is 10.3.